The van der Waals surface area contributed by atoms with Gasteiger partial charge in [0.05, 0.1) is 12.7 Å². The van der Waals surface area contributed by atoms with Gasteiger partial charge < -0.3 is 9.84 Å². The standard InChI is InChI=1S/C15H15N3O2S/c1-8-7-21-15(16-8)13-9(2)17-18-14(13)11-5-4-10(20-3)6-12(11)19/h4-7,19H,1-3H3,(H,17,18). The molecule has 2 N–H and O–H groups in total. The lowest BCUT2D eigenvalue weighted by Crippen LogP contribution is -1.87. The average molecular weight is 301 g/mol. The van der Waals surface area contributed by atoms with E-state index in [0.29, 0.717) is 17.0 Å². The van der Waals surface area contributed by atoms with Crippen LogP contribution in [0.1, 0.15) is 11.4 Å². The van der Waals surface area contributed by atoms with Crippen molar-refractivity contribution in [3.05, 3.63) is 35.0 Å². The molecule has 0 amide bonds. The van der Waals surface area contributed by atoms with Gasteiger partial charge in [0.15, 0.2) is 0 Å². The first-order chi connectivity index (χ1) is 10.1. The Morgan fingerprint density at radius 3 is 2.71 bits per heavy atom. The van der Waals surface area contributed by atoms with Crippen LogP contribution in [0.5, 0.6) is 11.5 Å². The molecule has 3 rings (SSSR count). The molecule has 0 aliphatic heterocycles. The van der Waals surface area contributed by atoms with E-state index < -0.39 is 0 Å². The molecule has 1 aromatic carbocycles. The van der Waals surface area contributed by atoms with Gasteiger partial charge in [-0.2, -0.15) is 5.10 Å². The number of nitrogens with zero attached hydrogens (tertiary/aromatic N) is 2. The lowest BCUT2D eigenvalue weighted by molar-refractivity contribution is 0.408. The number of nitrogens with one attached hydrogen (secondary N) is 1. The summed E-state index contributed by atoms with van der Waals surface area (Å²) in [6.07, 6.45) is 0. The minimum Gasteiger partial charge on any atom is -0.507 e. The predicted molar refractivity (Wildman–Crippen MR) is 82.8 cm³/mol. The Balaban J connectivity index is 2.16. The van der Waals surface area contributed by atoms with Crippen LogP contribution in [-0.4, -0.2) is 27.4 Å². The van der Waals surface area contributed by atoms with Gasteiger partial charge in [0.1, 0.15) is 22.2 Å². The second-order valence-corrected chi connectivity index (χ2v) is 5.61. The van der Waals surface area contributed by atoms with Crippen molar-refractivity contribution in [1.29, 1.82) is 0 Å². The summed E-state index contributed by atoms with van der Waals surface area (Å²) in [5.74, 6) is 0.741. The number of phenolic OH excluding ortho intramolecular Hbond substituents is 1. The summed E-state index contributed by atoms with van der Waals surface area (Å²) in [7, 11) is 1.57. The number of rotatable bonds is 3. The van der Waals surface area contributed by atoms with Gasteiger partial charge in [0.2, 0.25) is 0 Å². The van der Waals surface area contributed by atoms with Gasteiger partial charge >= 0.3 is 0 Å². The lowest BCUT2D eigenvalue weighted by Gasteiger charge is -2.06. The maximum Gasteiger partial charge on any atom is 0.128 e. The van der Waals surface area contributed by atoms with Gasteiger partial charge in [0, 0.05) is 28.4 Å². The summed E-state index contributed by atoms with van der Waals surface area (Å²) < 4.78 is 5.11. The maximum absolute atomic E-state index is 10.2. The quantitative estimate of drug-likeness (QED) is 0.776. The summed E-state index contributed by atoms with van der Waals surface area (Å²) in [4.78, 5) is 4.52. The molecule has 21 heavy (non-hydrogen) atoms. The minimum absolute atomic E-state index is 0.135. The van der Waals surface area contributed by atoms with Crippen LogP contribution in [0.4, 0.5) is 0 Å². The molecular weight excluding hydrogens is 286 g/mol. The molecule has 3 aromatic rings. The number of thiazole rings is 1. The van der Waals surface area contributed by atoms with E-state index in [1.807, 2.05) is 19.2 Å². The highest BCUT2D eigenvalue weighted by molar-refractivity contribution is 7.13. The van der Waals surface area contributed by atoms with Crippen LogP contribution in [-0.2, 0) is 0 Å². The SMILES string of the molecule is COc1ccc(-c2n[nH]c(C)c2-c2nc(C)cs2)c(O)c1. The van der Waals surface area contributed by atoms with E-state index in [0.717, 1.165) is 22.0 Å². The van der Waals surface area contributed by atoms with E-state index in [1.165, 1.54) is 0 Å². The minimum atomic E-state index is 0.135. The van der Waals surface area contributed by atoms with Gasteiger partial charge in [-0.3, -0.25) is 5.10 Å². The Bertz CT molecular complexity index is 792. The fourth-order valence-corrected chi connectivity index (χ4v) is 3.09. The van der Waals surface area contributed by atoms with Crippen LogP contribution in [0, 0.1) is 13.8 Å². The number of phenols is 1. The zero-order valence-electron chi connectivity index (χ0n) is 12.0. The molecule has 0 atom stereocenters. The maximum atomic E-state index is 10.2. The van der Waals surface area contributed by atoms with Crippen LogP contribution in [0.25, 0.3) is 21.8 Å². The average Bonchev–Trinajstić information content (AvgIpc) is 3.04. The third kappa shape index (κ3) is 2.38. The molecule has 108 valence electrons. The molecular formula is C15H15N3O2S. The van der Waals surface area contributed by atoms with Crippen molar-refractivity contribution in [3.8, 4) is 33.3 Å². The number of aromatic nitrogens is 3. The molecule has 0 fully saturated rings. The second-order valence-electron chi connectivity index (χ2n) is 4.75. The summed E-state index contributed by atoms with van der Waals surface area (Å²) in [5.41, 5.74) is 4.17. The number of aryl methyl sites for hydroxylation is 2. The first kappa shape index (κ1) is 13.6. The van der Waals surface area contributed by atoms with Crippen LogP contribution < -0.4 is 4.74 Å². The number of H-pyrrole nitrogens is 1. The zero-order chi connectivity index (χ0) is 15.0. The van der Waals surface area contributed by atoms with Crippen LogP contribution in [0.3, 0.4) is 0 Å². The Hall–Kier alpha value is -2.34. The first-order valence-corrected chi connectivity index (χ1v) is 7.33. The highest BCUT2D eigenvalue weighted by Crippen LogP contribution is 2.39. The largest absolute Gasteiger partial charge is 0.507 e. The Morgan fingerprint density at radius 2 is 2.10 bits per heavy atom. The molecule has 0 aliphatic carbocycles. The Labute approximate surface area is 126 Å². The molecule has 0 aliphatic rings. The lowest BCUT2D eigenvalue weighted by atomic mass is 10.1. The van der Waals surface area contributed by atoms with Gasteiger partial charge in [-0.15, -0.1) is 11.3 Å². The molecule has 0 unspecified atom stereocenters. The summed E-state index contributed by atoms with van der Waals surface area (Å²) >= 11 is 1.57. The van der Waals surface area contributed by atoms with Crippen LogP contribution in [0.15, 0.2) is 23.6 Å². The summed E-state index contributed by atoms with van der Waals surface area (Å²) in [5, 5.41) is 20.4. The van der Waals surface area contributed by atoms with Crippen molar-refractivity contribution in [2.45, 2.75) is 13.8 Å². The number of ether oxygens (including phenoxy) is 1. The molecule has 5 nitrogen and oxygen atoms in total. The fraction of sp³-hybridized carbons (Fsp3) is 0.200. The van der Waals surface area contributed by atoms with Crippen molar-refractivity contribution in [2.75, 3.05) is 7.11 Å². The summed E-state index contributed by atoms with van der Waals surface area (Å²) in [6, 6.07) is 5.18. The number of benzene rings is 1. The van der Waals surface area contributed by atoms with E-state index in [1.54, 1.807) is 36.6 Å². The van der Waals surface area contributed by atoms with E-state index in [-0.39, 0.29) is 5.75 Å². The number of methoxy groups -OCH3 is 1. The number of hydrogen-bond acceptors (Lipinski definition) is 5. The van der Waals surface area contributed by atoms with E-state index >= 15 is 0 Å². The topological polar surface area (TPSA) is 71.0 Å². The van der Waals surface area contributed by atoms with Crippen molar-refractivity contribution in [1.82, 2.24) is 15.2 Å². The molecule has 0 radical (unpaired) electrons. The second kappa shape index (κ2) is 5.21. The fourth-order valence-electron chi connectivity index (χ4n) is 2.19. The third-order valence-electron chi connectivity index (χ3n) is 3.24. The first-order valence-electron chi connectivity index (χ1n) is 6.45. The van der Waals surface area contributed by atoms with Gasteiger partial charge in [0.25, 0.3) is 0 Å². The van der Waals surface area contributed by atoms with E-state index in [9.17, 15) is 5.11 Å². The highest BCUT2D eigenvalue weighted by atomic mass is 32.1. The molecule has 0 spiro atoms. The monoisotopic (exact) mass is 301 g/mol. The van der Waals surface area contributed by atoms with Gasteiger partial charge in [-0.25, -0.2) is 4.98 Å². The molecule has 2 heterocycles. The molecule has 0 saturated carbocycles. The van der Waals surface area contributed by atoms with E-state index in [4.69, 9.17) is 4.74 Å². The highest BCUT2D eigenvalue weighted by Gasteiger charge is 2.19. The van der Waals surface area contributed by atoms with Gasteiger partial charge in [-0.05, 0) is 26.0 Å². The van der Waals surface area contributed by atoms with Gasteiger partial charge in [-0.1, -0.05) is 0 Å². The molecule has 6 heteroatoms. The summed E-state index contributed by atoms with van der Waals surface area (Å²) in [6.45, 7) is 3.91. The predicted octanol–water partition coefficient (Wildman–Crippen LogP) is 3.53. The molecule has 0 bridgehead atoms. The molecule has 2 aromatic heterocycles. The Morgan fingerprint density at radius 1 is 1.29 bits per heavy atom. The Kier molecular flexibility index (Phi) is 3.39. The third-order valence-corrected chi connectivity index (χ3v) is 4.22. The van der Waals surface area contributed by atoms with Crippen molar-refractivity contribution >= 4 is 11.3 Å². The van der Waals surface area contributed by atoms with Crippen LogP contribution in [0.2, 0.25) is 0 Å². The number of hydrogen-bond donors (Lipinski definition) is 2. The van der Waals surface area contributed by atoms with Crippen molar-refractivity contribution < 1.29 is 9.84 Å². The zero-order valence-corrected chi connectivity index (χ0v) is 12.8. The van der Waals surface area contributed by atoms with Crippen molar-refractivity contribution in [2.24, 2.45) is 0 Å². The van der Waals surface area contributed by atoms with Crippen LogP contribution >= 0.6 is 11.3 Å². The van der Waals surface area contributed by atoms with Crippen molar-refractivity contribution in [3.63, 3.8) is 0 Å². The normalized spacial score (nSPS) is 10.8. The van der Waals surface area contributed by atoms with E-state index in [2.05, 4.69) is 15.2 Å². The molecule has 0 saturated heterocycles. The number of aromatic amines is 1. The smallest absolute Gasteiger partial charge is 0.128 e. The number of aromatic hydroxyl groups is 1.